The molecule has 0 aliphatic carbocycles. The maximum Gasteiger partial charge on any atom is 0.327 e. The lowest BCUT2D eigenvalue weighted by atomic mass is 10.2. The second-order valence-electron chi connectivity index (χ2n) is 9.76. The molecule has 4 aromatic rings. The first-order valence-corrected chi connectivity index (χ1v) is 13.2. The molecule has 11 heteroatoms. The summed E-state index contributed by atoms with van der Waals surface area (Å²) in [6.07, 6.45) is 2.25. The maximum absolute atomic E-state index is 13.1. The highest BCUT2D eigenvalue weighted by Crippen LogP contribution is 2.33. The summed E-state index contributed by atoms with van der Waals surface area (Å²) in [5, 5.41) is 5.92. The molecule has 0 radical (unpaired) electrons. The van der Waals surface area contributed by atoms with Crippen molar-refractivity contribution < 1.29 is 14.3 Å². The molecule has 2 aromatic carbocycles. The number of aryl methyl sites for hydroxylation is 1. The minimum Gasteiger partial charge on any atom is -0.488 e. The fraction of sp³-hybridized carbons (Fsp3) is 0.241. The molecule has 2 N–H and O–H groups in total. The van der Waals surface area contributed by atoms with Crippen molar-refractivity contribution in [2.24, 2.45) is 7.05 Å². The zero-order chi connectivity index (χ0) is 27.6. The highest BCUT2D eigenvalue weighted by atomic mass is 16.5. The van der Waals surface area contributed by atoms with E-state index in [1.807, 2.05) is 72.8 Å². The molecule has 1 atom stereocenters. The average Bonchev–Trinajstić information content (AvgIpc) is 3.56. The van der Waals surface area contributed by atoms with Crippen LogP contribution in [0.15, 0.2) is 83.8 Å². The summed E-state index contributed by atoms with van der Waals surface area (Å²) in [5.41, 5.74) is 1.11. The van der Waals surface area contributed by atoms with Crippen molar-refractivity contribution in [3.05, 3.63) is 94.9 Å². The highest BCUT2D eigenvalue weighted by molar-refractivity contribution is 6.02. The summed E-state index contributed by atoms with van der Waals surface area (Å²) >= 11 is 0. The van der Waals surface area contributed by atoms with Crippen molar-refractivity contribution in [3.8, 4) is 11.4 Å². The van der Waals surface area contributed by atoms with E-state index in [0.29, 0.717) is 61.4 Å². The van der Waals surface area contributed by atoms with Gasteiger partial charge in [-0.25, -0.2) is 14.5 Å². The number of para-hydroxylation sites is 2. The average molecular weight is 540 g/mol. The minimum absolute atomic E-state index is 0.0916. The fourth-order valence-corrected chi connectivity index (χ4v) is 5.10. The number of hydrogen-bond acceptors (Lipinski definition) is 6. The van der Waals surface area contributed by atoms with Gasteiger partial charge in [-0.3, -0.25) is 19.2 Å². The Labute approximate surface area is 230 Å². The molecule has 2 aliphatic rings. The largest absolute Gasteiger partial charge is 0.488 e. The lowest BCUT2D eigenvalue weighted by Gasteiger charge is -2.30. The predicted molar refractivity (Wildman–Crippen MR) is 152 cm³/mol. The van der Waals surface area contributed by atoms with Gasteiger partial charge >= 0.3 is 6.03 Å². The number of fused-ring (bicyclic) bond motifs is 1. The summed E-state index contributed by atoms with van der Waals surface area (Å²) in [7, 11) is 1.73. The lowest BCUT2D eigenvalue weighted by molar-refractivity contribution is 0.0939. The van der Waals surface area contributed by atoms with Crippen LogP contribution in [0, 0.1) is 0 Å². The molecule has 4 heterocycles. The van der Waals surface area contributed by atoms with Gasteiger partial charge in [0.2, 0.25) is 0 Å². The Morgan fingerprint density at radius 3 is 2.50 bits per heavy atom. The zero-order valence-electron chi connectivity index (χ0n) is 22.0. The van der Waals surface area contributed by atoms with Gasteiger partial charge in [0.1, 0.15) is 18.0 Å². The van der Waals surface area contributed by atoms with E-state index in [9.17, 15) is 14.4 Å². The van der Waals surface area contributed by atoms with E-state index in [1.165, 1.54) is 4.68 Å². The Morgan fingerprint density at radius 2 is 1.73 bits per heavy atom. The number of nitrogens with one attached hydrogen (secondary N) is 2. The van der Waals surface area contributed by atoms with Crippen molar-refractivity contribution in [3.63, 3.8) is 0 Å². The van der Waals surface area contributed by atoms with E-state index >= 15 is 0 Å². The van der Waals surface area contributed by atoms with Gasteiger partial charge in [0.25, 0.3) is 11.5 Å². The van der Waals surface area contributed by atoms with Gasteiger partial charge in [0, 0.05) is 38.1 Å². The molecule has 11 nitrogen and oxygen atoms in total. The second-order valence-corrected chi connectivity index (χ2v) is 9.76. The van der Waals surface area contributed by atoms with Crippen LogP contribution >= 0.6 is 0 Å². The molecular weight excluding hydrogens is 510 g/mol. The van der Waals surface area contributed by atoms with E-state index in [1.54, 1.807) is 22.8 Å². The zero-order valence-corrected chi connectivity index (χ0v) is 22.0. The smallest absolute Gasteiger partial charge is 0.327 e. The fourth-order valence-electron chi connectivity index (χ4n) is 5.10. The summed E-state index contributed by atoms with van der Waals surface area (Å²) in [5.74, 6) is 1.28. The molecule has 6 rings (SSSR count). The van der Waals surface area contributed by atoms with Crippen molar-refractivity contribution in [1.29, 1.82) is 0 Å². The molecule has 0 unspecified atom stereocenters. The number of hydrogen-bond donors (Lipinski definition) is 2. The Balaban J connectivity index is 1.15. The Hall–Kier alpha value is -5.06. The number of amides is 3. The first kappa shape index (κ1) is 25.2. The quantitative estimate of drug-likeness (QED) is 0.403. The molecule has 2 aromatic heterocycles. The van der Waals surface area contributed by atoms with Crippen LogP contribution in [0.3, 0.4) is 0 Å². The van der Waals surface area contributed by atoms with Gasteiger partial charge < -0.3 is 20.3 Å². The molecular formula is C29H29N7O4. The van der Waals surface area contributed by atoms with Gasteiger partial charge in [-0.1, -0.05) is 36.4 Å². The number of aromatic nitrogens is 3. The van der Waals surface area contributed by atoms with Gasteiger partial charge in [-0.05, 0) is 42.8 Å². The number of carbonyl (C=O) groups is 2. The first-order valence-electron chi connectivity index (χ1n) is 13.2. The topological polar surface area (TPSA) is 114 Å². The van der Waals surface area contributed by atoms with Crippen LogP contribution in [-0.4, -0.2) is 58.6 Å². The molecule has 1 fully saturated rings. The van der Waals surface area contributed by atoms with Gasteiger partial charge in [0.15, 0.2) is 11.6 Å². The molecule has 204 valence electrons. The van der Waals surface area contributed by atoms with E-state index in [-0.39, 0.29) is 23.2 Å². The normalized spacial score (nSPS) is 16.3. The number of pyridine rings is 1. The minimum atomic E-state index is -0.405. The molecule has 0 saturated carbocycles. The SMILES string of the molecule is Cn1cc(C(=O)N[C@H]2CCN(c3ccc4c(n3)N(C(=O)Nc3ccccc3)CCO4)C2)c(=O)n1-c1ccccc1. The molecule has 2 aliphatic heterocycles. The van der Waals surface area contributed by atoms with Crippen LogP contribution in [0.1, 0.15) is 16.8 Å². The maximum atomic E-state index is 13.1. The third-order valence-corrected chi connectivity index (χ3v) is 7.07. The Morgan fingerprint density at radius 1 is 0.975 bits per heavy atom. The number of carbonyl (C=O) groups excluding carboxylic acids is 2. The summed E-state index contributed by atoms with van der Waals surface area (Å²) < 4.78 is 8.84. The van der Waals surface area contributed by atoms with Crippen LogP contribution in [0.4, 0.5) is 22.1 Å². The van der Waals surface area contributed by atoms with Crippen LogP contribution in [0.2, 0.25) is 0 Å². The van der Waals surface area contributed by atoms with E-state index < -0.39 is 5.91 Å². The van der Waals surface area contributed by atoms with E-state index in [0.717, 1.165) is 0 Å². The van der Waals surface area contributed by atoms with Crippen molar-refractivity contribution in [1.82, 2.24) is 19.7 Å². The summed E-state index contributed by atoms with van der Waals surface area (Å²) in [6, 6.07) is 21.7. The first-order chi connectivity index (χ1) is 19.5. The number of urea groups is 1. The van der Waals surface area contributed by atoms with Crippen molar-refractivity contribution in [2.75, 3.05) is 41.4 Å². The van der Waals surface area contributed by atoms with Gasteiger partial charge in [0.05, 0.1) is 12.2 Å². The van der Waals surface area contributed by atoms with Gasteiger partial charge in [-0.2, -0.15) is 0 Å². The van der Waals surface area contributed by atoms with Gasteiger partial charge in [-0.15, -0.1) is 0 Å². The Kier molecular flexibility index (Phi) is 6.69. The monoisotopic (exact) mass is 539 g/mol. The van der Waals surface area contributed by atoms with Crippen LogP contribution in [0.25, 0.3) is 5.69 Å². The third kappa shape index (κ3) is 4.89. The Bertz CT molecular complexity index is 1600. The van der Waals surface area contributed by atoms with Crippen LogP contribution in [-0.2, 0) is 7.05 Å². The number of ether oxygens (including phenoxy) is 1. The van der Waals surface area contributed by atoms with E-state index in [4.69, 9.17) is 9.72 Å². The number of rotatable bonds is 5. The summed E-state index contributed by atoms with van der Waals surface area (Å²) in [6.45, 7) is 1.93. The molecule has 0 spiro atoms. The van der Waals surface area contributed by atoms with E-state index in [2.05, 4.69) is 15.5 Å². The number of nitrogens with zero attached hydrogens (tertiary/aromatic N) is 5. The predicted octanol–water partition coefficient (Wildman–Crippen LogP) is 3.01. The highest BCUT2D eigenvalue weighted by Gasteiger charge is 2.30. The van der Waals surface area contributed by atoms with Crippen molar-refractivity contribution >= 4 is 29.3 Å². The standard InChI is InChI=1S/C29H29N7O4/c1-33-19-23(28(38)36(33)22-10-6-3-7-11-22)27(37)30-21-14-15-34(18-21)25-13-12-24-26(32-25)35(16-17-40-24)29(39)31-20-8-4-2-5-9-20/h2-13,19,21H,14-18H2,1H3,(H,30,37)(H,31,39)/t21-/m0/s1. The molecule has 0 bridgehead atoms. The second kappa shape index (κ2) is 10.6. The van der Waals surface area contributed by atoms with Crippen molar-refractivity contribution in [2.45, 2.75) is 12.5 Å². The molecule has 40 heavy (non-hydrogen) atoms. The van der Waals surface area contributed by atoms with Crippen LogP contribution < -0.4 is 30.7 Å². The molecule has 1 saturated heterocycles. The summed E-state index contributed by atoms with van der Waals surface area (Å²) in [4.78, 5) is 47.6. The third-order valence-electron chi connectivity index (χ3n) is 7.07. The molecule has 3 amide bonds. The van der Waals surface area contributed by atoms with Crippen LogP contribution in [0.5, 0.6) is 5.75 Å². The number of benzene rings is 2. The number of anilines is 3. The lowest BCUT2D eigenvalue weighted by Crippen LogP contribution is -2.41.